The fourth-order valence-electron chi connectivity index (χ4n) is 2.55. The Hall–Kier alpha value is -2.13. The van der Waals surface area contributed by atoms with E-state index in [1.807, 2.05) is 12.1 Å². The summed E-state index contributed by atoms with van der Waals surface area (Å²) in [6, 6.07) is 20.7. The van der Waals surface area contributed by atoms with E-state index in [0.29, 0.717) is 19.6 Å². The Balaban J connectivity index is 1.91. The quantitative estimate of drug-likeness (QED) is 0.478. The molecule has 0 fully saturated rings. The molecule has 0 aliphatic rings. The van der Waals surface area contributed by atoms with Crippen LogP contribution < -0.4 is 0 Å². The average molecular weight is 325 g/mol. The van der Waals surface area contributed by atoms with E-state index in [9.17, 15) is 4.79 Å². The molecule has 0 aliphatic carbocycles. The number of benzene rings is 2. The summed E-state index contributed by atoms with van der Waals surface area (Å²) in [5, 5.41) is 0. The lowest BCUT2D eigenvalue weighted by Crippen LogP contribution is -2.26. The number of hydrogen-bond donors (Lipinski definition) is 0. The van der Waals surface area contributed by atoms with E-state index < -0.39 is 0 Å². The minimum absolute atomic E-state index is 0.102. The normalized spacial score (nSPS) is 10.8. The van der Waals surface area contributed by atoms with Crippen LogP contribution in [0.25, 0.3) is 0 Å². The SMILES string of the molecule is CCCCOC(=O)CCN(Cc1ccccc1)Cc1ccccc1. The van der Waals surface area contributed by atoms with Gasteiger partial charge in [0.1, 0.15) is 0 Å². The number of esters is 1. The molecular formula is C21H27NO2. The summed E-state index contributed by atoms with van der Waals surface area (Å²) in [5.41, 5.74) is 2.51. The van der Waals surface area contributed by atoms with Crippen molar-refractivity contribution in [3.63, 3.8) is 0 Å². The van der Waals surface area contributed by atoms with Gasteiger partial charge in [0.2, 0.25) is 0 Å². The lowest BCUT2D eigenvalue weighted by molar-refractivity contribution is -0.144. The van der Waals surface area contributed by atoms with Crippen LogP contribution in [0.2, 0.25) is 0 Å². The summed E-state index contributed by atoms with van der Waals surface area (Å²) < 4.78 is 5.27. The minimum Gasteiger partial charge on any atom is -0.466 e. The van der Waals surface area contributed by atoms with Crippen LogP contribution in [0.4, 0.5) is 0 Å². The Kier molecular flexibility index (Phi) is 8.05. The van der Waals surface area contributed by atoms with Gasteiger partial charge in [-0.2, -0.15) is 0 Å². The third-order valence-corrected chi connectivity index (χ3v) is 3.89. The second-order valence-corrected chi connectivity index (χ2v) is 6.01. The molecule has 0 saturated heterocycles. The molecule has 0 amide bonds. The zero-order valence-corrected chi connectivity index (χ0v) is 14.5. The van der Waals surface area contributed by atoms with Gasteiger partial charge in [0.25, 0.3) is 0 Å². The maximum atomic E-state index is 11.9. The highest BCUT2D eigenvalue weighted by Crippen LogP contribution is 2.11. The van der Waals surface area contributed by atoms with Crippen molar-refractivity contribution < 1.29 is 9.53 Å². The molecule has 3 heteroatoms. The van der Waals surface area contributed by atoms with Crippen molar-refractivity contribution in [1.29, 1.82) is 0 Å². The molecule has 0 saturated carbocycles. The second kappa shape index (κ2) is 10.6. The number of hydrogen-bond acceptors (Lipinski definition) is 3. The molecule has 2 aromatic rings. The fraction of sp³-hybridized carbons (Fsp3) is 0.381. The maximum Gasteiger partial charge on any atom is 0.307 e. The van der Waals surface area contributed by atoms with Crippen molar-refractivity contribution in [3.8, 4) is 0 Å². The first kappa shape index (κ1) is 18.2. The molecule has 128 valence electrons. The van der Waals surface area contributed by atoms with Gasteiger partial charge < -0.3 is 4.74 Å². The first-order chi connectivity index (χ1) is 11.8. The first-order valence-corrected chi connectivity index (χ1v) is 8.73. The Bertz CT molecular complexity index is 542. The van der Waals surface area contributed by atoms with Gasteiger partial charge >= 0.3 is 5.97 Å². The lowest BCUT2D eigenvalue weighted by Gasteiger charge is -2.22. The van der Waals surface area contributed by atoms with Crippen molar-refractivity contribution in [1.82, 2.24) is 4.90 Å². The largest absolute Gasteiger partial charge is 0.466 e. The van der Waals surface area contributed by atoms with Crippen LogP contribution in [0.1, 0.15) is 37.3 Å². The smallest absolute Gasteiger partial charge is 0.307 e. The van der Waals surface area contributed by atoms with Crippen LogP contribution >= 0.6 is 0 Å². The third-order valence-electron chi connectivity index (χ3n) is 3.89. The van der Waals surface area contributed by atoms with Gasteiger partial charge in [0, 0.05) is 19.6 Å². The molecule has 2 rings (SSSR count). The minimum atomic E-state index is -0.102. The number of ether oxygens (including phenoxy) is 1. The van der Waals surface area contributed by atoms with Crippen LogP contribution in [0.5, 0.6) is 0 Å². The van der Waals surface area contributed by atoms with E-state index in [1.165, 1.54) is 11.1 Å². The standard InChI is InChI=1S/C21H27NO2/c1-2-3-16-24-21(23)14-15-22(17-19-10-6-4-7-11-19)18-20-12-8-5-9-13-20/h4-13H,2-3,14-18H2,1H3. The number of unbranched alkanes of at least 4 members (excludes halogenated alkanes) is 1. The molecule has 0 N–H and O–H groups in total. The van der Waals surface area contributed by atoms with E-state index in [0.717, 1.165) is 25.9 Å². The van der Waals surface area contributed by atoms with Crippen molar-refractivity contribution in [3.05, 3.63) is 71.8 Å². The van der Waals surface area contributed by atoms with Crippen molar-refractivity contribution in [2.45, 2.75) is 39.3 Å². The zero-order chi connectivity index (χ0) is 17.0. The highest BCUT2D eigenvalue weighted by atomic mass is 16.5. The van der Waals surface area contributed by atoms with Crippen LogP contribution in [0.3, 0.4) is 0 Å². The second-order valence-electron chi connectivity index (χ2n) is 6.01. The van der Waals surface area contributed by atoms with Crippen LogP contribution in [-0.2, 0) is 22.6 Å². The van der Waals surface area contributed by atoms with Gasteiger partial charge in [-0.3, -0.25) is 9.69 Å². The number of rotatable bonds is 10. The monoisotopic (exact) mass is 325 g/mol. The summed E-state index contributed by atoms with van der Waals surface area (Å²) in [5.74, 6) is -0.102. The molecule has 0 radical (unpaired) electrons. The molecule has 0 unspecified atom stereocenters. The van der Waals surface area contributed by atoms with Crippen molar-refractivity contribution >= 4 is 5.97 Å². The van der Waals surface area contributed by atoms with Crippen molar-refractivity contribution in [2.24, 2.45) is 0 Å². The average Bonchev–Trinajstić information content (AvgIpc) is 2.62. The molecule has 0 aliphatic heterocycles. The van der Waals surface area contributed by atoms with E-state index >= 15 is 0 Å². The molecule has 24 heavy (non-hydrogen) atoms. The molecule has 0 spiro atoms. The lowest BCUT2D eigenvalue weighted by atomic mass is 10.1. The van der Waals surface area contributed by atoms with Gasteiger partial charge in [0.15, 0.2) is 0 Å². The third kappa shape index (κ3) is 6.97. The highest BCUT2D eigenvalue weighted by Gasteiger charge is 2.11. The predicted octanol–water partition coefficient (Wildman–Crippen LogP) is 4.42. The Labute approximate surface area is 145 Å². The van der Waals surface area contributed by atoms with Gasteiger partial charge in [0.05, 0.1) is 13.0 Å². The summed E-state index contributed by atoms with van der Waals surface area (Å²) in [6.45, 7) is 4.99. The van der Waals surface area contributed by atoms with Gasteiger partial charge in [-0.15, -0.1) is 0 Å². The Morgan fingerprint density at radius 1 is 0.917 bits per heavy atom. The number of carbonyl (C=O) groups is 1. The van der Waals surface area contributed by atoms with Gasteiger partial charge in [-0.05, 0) is 17.5 Å². The Morgan fingerprint density at radius 2 is 1.46 bits per heavy atom. The predicted molar refractivity (Wildman–Crippen MR) is 97.5 cm³/mol. The summed E-state index contributed by atoms with van der Waals surface area (Å²) in [7, 11) is 0. The van der Waals surface area contributed by atoms with Crippen LogP contribution in [0, 0.1) is 0 Å². The highest BCUT2D eigenvalue weighted by molar-refractivity contribution is 5.69. The summed E-state index contributed by atoms with van der Waals surface area (Å²) in [4.78, 5) is 14.2. The van der Waals surface area contributed by atoms with E-state index in [1.54, 1.807) is 0 Å². The zero-order valence-electron chi connectivity index (χ0n) is 14.5. The number of nitrogens with zero attached hydrogens (tertiary/aromatic N) is 1. The molecule has 2 aromatic carbocycles. The molecule has 3 nitrogen and oxygen atoms in total. The van der Waals surface area contributed by atoms with Crippen molar-refractivity contribution in [2.75, 3.05) is 13.2 Å². The summed E-state index contributed by atoms with van der Waals surface area (Å²) >= 11 is 0. The van der Waals surface area contributed by atoms with E-state index in [2.05, 4.69) is 60.4 Å². The van der Waals surface area contributed by atoms with Crippen LogP contribution in [0.15, 0.2) is 60.7 Å². The first-order valence-electron chi connectivity index (χ1n) is 8.73. The fourth-order valence-corrected chi connectivity index (χ4v) is 2.55. The van der Waals surface area contributed by atoms with Crippen LogP contribution in [-0.4, -0.2) is 24.0 Å². The van der Waals surface area contributed by atoms with E-state index in [-0.39, 0.29) is 5.97 Å². The molecular weight excluding hydrogens is 298 g/mol. The van der Waals surface area contributed by atoms with Gasteiger partial charge in [-0.1, -0.05) is 74.0 Å². The molecule has 0 atom stereocenters. The molecule has 0 heterocycles. The summed E-state index contributed by atoms with van der Waals surface area (Å²) in [6.07, 6.45) is 2.41. The molecule has 0 bridgehead atoms. The topological polar surface area (TPSA) is 29.5 Å². The van der Waals surface area contributed by atoms with E-state index in [4.69, 9.17) is 4.74 Å². The number of carbonyl (C=O) groups excluding carboxylic acids is 1. The van der Waals surface area contributed by atoms with Gasteiger partial charge in [-0.25, -0.2) is 0 Å². The maximum absolute atomic E-state index is 11.9. The molecule has 0 aromatic heterocycles. The Morgan fingerprint density at radius 3 is 1.96 bits per heavy atom.